The zero-order chi connectivity index (χ0) is 18.1. The molecule has 0 saturated carbocycles. The van der Waals surface area contributed by atoms with E-state index in [1.54, 1.807) is 29.2 Å². The summed E-state index contributed by atoms with van der Waals surface area (Å²) in [5.74, 6) is -1.42. The standard InChI is InChI=1S/C19H19FN2O3/c1-11-9-17(21-15-6-4-14(20)5-7-15)16-10-13(19(24)25)3-8-18(16)22(11)12(2)23/h3-8,10-11,17,21H,9H2,1-2H3,(H,24,25). The highest BCUT2D eigenvalue weighted by Crippen LogP contribution is 2.39. The minimum absolute atomic E-state index is 0.0429. The van der Waals surface area contributed by atoms with Gasteiger partial charge in [0, 0.05) is 24.3 Å². The van der Waals surface area contributed by atoms with E-state index in [0.717, 1.165) is 11.3 Å². The lowest BCUT2D eigenvalue weighted by molar-refractivity contribution is -0.117. The Morgan fingerprint density at radius 3 is 2.48 bits per heavy atom. The Morgan fingerprint density at radius 2 is 1.88 bits per heavy atom. The van der Waals surface area contributed by atoms with Crippen molar-refractivity contribution in [2.75, 3.05) is 10.2 Å². The summed E-state index contributed by atoms with van der Waals surface area (Å²) in [7, 11) is 0. The molecule has 0 spiro atoms. The van der Waals surface area contributed by atoms with Gasteiger partial charge in [0.25, 0.3) is 0 Å². The summed E-state index contributed by atoms with van der Waals surface area (Å²) in [4.78, 5) is 25.1. The average molecular weight is 342 g/mol. The number of nitrogens with one attached hydrogen (secondary N) is 1. The van der Waals surface area contributed by atoms with Gasteiger partial charge in [-0.15, -0.1) is 0 Å². The maximum absolute atomic E-state index is 13.1. The first-order chi connectivity index (χ1) is 11.9. The number of fused-ring (bicyclic) bond motifs is 1. The van der Waals surface area contributed by atoms with E-state index in [0.29, 0.717) is 12.1 Å². The second-order valence-corrected chi connectivity index (χ2v) is 6.26. The Balaban J connectivity index is 2.03. The van der Waals surface area contributed by atoms with Gasteiger partial charge >= 0.3 is 5.97 Å². The van der Waals surface area contributed by atoms with Gasteiger partial charge in [-0.1, -0.05) is 0 Å². The fraction of sp³-hybridized carbons (Fsp3) is 0.263. The number of carboxylic acids is 1. The summed E-state index contributed by atoms with van der Waals surface area (Å²) in [6.07, 6.45) is 0.618. The molecule has 0 aromatic heterocycles. The Kier molecular flexibility index (Phi) is 4.44. The molecular formula is C19H19FN2O3. The number of aromatic carboxylic acids is 1. The zero-order valence-electron chi connectivity index (χ0n) is 14.0. The largest absolute Gasteiger partial charge is 0.478 e. The predicted octanol–water partition coefficient (Wildman–Crippen LogP) is 3.82. The number of anilines is 2. The van der Waals surface area contributed by atoms with Crippen LogP contribution in [-0.2, 0) is 4.79 Å². The third-order valence-corrected chi connectivity index (χ3v) is 4.45. The lowest BCUT2D eigenvalue weighted by atomic mass is 9.90. The second kappa shape index (κ2) is 6.55. The van der Waals surface area contributed by atoms with E-state index in [2.05, 4.69) is 5.32 Å². The maximum Gasteiger partial charge on any atom is 0.335 e. The van der Waals surface area contributed by atoms with Gasteiger partial charge in [-0.25, -0.2) is 9.18 Å². The number of hydrogen-bond acceptors (Lipinski definition) is 3. The highest BCUT2D eigenvalue weighted by molar-refractivity contribution is 5.95. The van der Waals surface area contributed by atoms with Crippen molar-refractivity contribution in [1.82, 2.24) is 0 Å². The van der Waals surface area contributed by atoms with Crippen molar-refractivity contribution in [1.29, 1.82) is 0 Å². The summed E-state index contributed by atoms with van der Waals surface area (Å²) in [5, 5.41) is 12.6. The van der Waals surface area contributed by atoms with Crippen LogP contribution >= 0.6 is 0 Å². The first kappa shape index (κ1) is 17.0. The highest BCUT2D eigenvalue weighted by Gasteiger charge is 2.33. The Hall–Kier alpha value is -2.89. The van der Waals surface area contributed by atoms with Crippen molar-refractivity contribution in [2.45, 2.75) is 32.4 Å². The molecule has 0 radical (unpaired) electrons. The molecule has 2 aromatic rings. The fourth-order valence-corrected chi connectivity index (χ4v) is 3.36. The summed E-state index contributed by atoms with van der Waals surface area (Å²) >= 11 is 0. The van der Waals surface area contributed by atoms with Gasteiger partial charge in [-0.2, -0.15) is 0 Å². The van der Waals surface area contributed by atoms with Gasteiger partial charge in [0.2, 0.25) is 5.91 Å². The van der Waals surface area contributed by atoms with Gasteiger partial charge in [0.1, 0.15) is 5.82 Å². The lowest BCUT2D eigenvalue weighted by Crippen LogP contribution is -2.43. The molecule has 0 fully saturated rings. The Labute approximate surface area is 145 Å². The van der Waals surface area contributed by atoms with Gasteiger partial charge < -0.3 is 15.3 Å². The number of amides is 1. The molecule has 130 valence electrons. The molecule has 2 aromatic carbocycles. The normalized spacial score (nSPS) is 19.2. The van der Waals surface area contributed by atoms with Crippen LogP contribution in [0.4, 0.5) is 15.8 Å². The number of nitrogens with zero attached hydrogens (tertiary/aromatic N) is 1. The van der Waals surface area contributed by atoms with E-state index in [9.17, 15) is 19.1 Å². The molecule has 0 aliphatic carbocycles. The first-order valence-corrected chi connectivity index (χ1v) is 8.06. The van der Waals surface area contributed by atoms with Crippen molar-refractivity contribution < 1.29 is 19.1 Å². The van der Waals surface area contributed by atoms with E-state index in [4.69, 9.17) is 0 Å². The summed E-state index contributed by atoms with van der Waals surface area (Å²) in [5.41, 5.74) is 2.36. The molecule has 6 heteroatoms. The van der Waals surface area contributed by atoms with Gasteiger partial charge in [-0.3, -0.25) is 4.79 Å². The van der Waals surface area contributed by atoms with Crippen LogP contribution in [0.2, 0.25) is 0 Å². The third-order valence-electron chi connectivity index (χ3n) is 4.45. The third kappa shape index (κ3) is 3.33. The van der Waals surface area contributed by atoms with Crippen LogP contribution < -0.4 is 10.2 Å². The molecule has 2 atom stereocenters. The zero-order valence-corrected chi connectivity index (χ0v) is 14.0. The van der Waals surface area contributed by atoms with Crippen molar-refractivity contribution in [2.24, 2.45) is 0 Å². The van der Waals surface area contributed by atoms with Crippen LogP contribution in [0.3, 0.4) is 0 Å². The predicted molar refractivity (Wildman–Crippen MR) is 93.4 cm³/mol. The van der Waals surface area contributed by atoms with Crippen LogP contribution in [0.15, 0.2) is 42.5 Å². The first-order valence-electron chi connectivity index (χ1n) is 8.06. The molecule has 25 heavy (non-hydrogen) atoms. The molecule has 2 N–H and O–H groups in total. The molecule has 5 nitrogen and oxygen atoms in total. The minimum atomic E-state index is -1.02. The van der Waals surface area contributed by atoms with Crippen LogP contribution in [0.25, 0.3) is 0 Å². The number of carboxylic acid groups (broad SMARTS) is 1. The van der Waals surface area contributed by atoms with Crippen molar-refractivity contribution in [3.63, 3.8) is 0 Å². The van der Waals surface area contributed by atoms with Gasteiger partial charge in [-0.05, 0) is 61.4 Å². The molecule has 0 bridgehead atoms. The fourth-order valence-electron chi connectivity index (χ4n) is 3.36. The van der Waals surface area contributed by atoms with Crippen LogP contribution in [0, 0.1) is 5.82 Å². The summed E-state index contributed by atoms with van der Waals surface area (Å²) in [6.45, 7) is 3.45. The van der Waals surface area contributed by atoms with E-state index in [-0.39, 0.29) is 29.4 Å². The topological polar surface area (TPSA) is 69.6 Å². The minimum Gasteiger partial charge on any atom is -0.478 e. The monoisotopic (exact) mass is 342 g/mol. The van der Waals surface area contributed by atoms with Crippen LogP contribution in [-0.4, -0.2) is 23.0 Å². The molecule has 0 saturated heterocycles. The van der Waals surface area contributed by atoms with E-state index in [1.807, 2.05) is 6.92 Å². The summed E-state index contributed by atoms with van der Waals surface area (Å²) in [6, 6.07) is 10.6. The number of hydrogen-bond donors (Lipinski definition) is 2. The van der Waals surface area contributed by atoms with E-state index < -0.39 is 5.97 Å². The van der Waals surface area contributed by atoms with Crippen molar-refractivity contribution in [3.05, 3.63) is 59.4 Å². The number of benzene rings is 2. The average Bonchev–Trinajstić information content (AvgIpc) is 2.56. The SMILES string of the molecule is CC(=O)N1c2ccc(C(=O)O)cc2C(Nc2ccc(F)cc2)CC1C. The molecule has 1 amide bonds. The number of carbonyl (C=O) groups is 2. The van der Waals surface area contributed by atoms with E-state index >= 15 is 0 Å². The number of carbonyl (C=O) groups excluding carboxylic acids is 1. The van der Waals surface area contributed by atoms with Gasteiger partial charge in [0.15, 0.2) is 0 Å². The number of halogens is 1. The molecule has 3 rings (SSSR count). The molecule has 1 heterocycles. The van der Waals surface area contributed by atoms with E-state index in [1.165, 1.54) is 25.1 Å². The molecule has 1 aliphatic heterocycles. The van der Waals surface area contributed by atoms with Crippen LogP contribution in [0.1, 0.15) is 42.2 Å². The Bertz CT molecular complexity index is 820. The Morgan fingerprint density at radius 1 is 1.20 bits per heavy atom. The lowest BCUT2D eigenvalue weighted by Gasteiger charge is -2.39. The van der Waals surface area contributed by atoms with Gasteiger partial charge in [0.05, 0.1) is 11.6 Å². The maximum atomic E-state index is 13.1. The quantitative estimate of drug-likeness (QED) is 0.890. The smallest absolute Gasteiger partial charge is 0.335 e. The number of rotatable bonds is 3. The van der Waals surface area contributed by atoms with Crippen LogP contribution in [0.5, 0.6) is 0 Å². The highest BCUT2D eigenvalue weighted by atomic mass is 19.1. The molecule has 2 unspecified atom stereocenters. The van der Waals surface area contributed by atoms with Crippen molar-refractivity contribution in [3.8, 4) is 0 Å². The van der Waals surface area contributed by atoms with Crippen molar-refractivity contribution >= 4 is 23.3 Å². The molecule has 1 aliphatic rings. The summed E-state index contributed by atoms with van der Waals surface area (Å²) < 4.78 is 13.1. The second-order valence-electron chi connectivity index (χ2n) is 6.26. The molecular weight excluding hydrogens is 323 g/mol.